The lowest BCUT2D eigenvalue weighted by molar-refractivity contribution is -0.140. The van der Waals surface area contributed by atoms with Crippen molar-refractivity contribution in [3.05, 3.63) is 0 Å². The number of amides is 1. The molecule has 0 aromatic carbocycles. The van der Waals surface area contributed by atoms with Crippen molar-refractivity contribution in [1.29, 1.82) is 0 Å². The van der Waals surface area contributed by atoms with Gasteiger partial charge in [0.2, 0.25) is 5.91 Å². The first-order valence-corrected chi connectivity index (χ1v) is 8.71. The first kappa shape index (κ1) is 15.8. The molecule has 1 aliphatic heterocycles. The van der Waals surface area contributed by atoms with Gasteiger partial charge in [-0.15, -0.1) is 0 Å². The highest BCUT2D eigenvalue weighted by atomic mass is 16.5. The molecule has 0 radical (unpaired) electrons. The number of rotatable bonds is 5. The van der Waals surface area contributed by atoms with Crippen LogP contribution in [-0.4, -0.2) is 35.7 Å². The van der Waals surface area contributed by atoms with Crippen LogP contribution < -0.4 is 5.32 Å². The maximum atomic E-state index is 12.6. The van der Waals surface area contributed by atoms with Crippen LogP contribution >= 0.6 is 0 Å². The van der Waals surface area contributed by atoms with Gasteiger partial charge in [-0.3, -0.25) is 9.59 Å². The average Bonchev–Trinajstić information content (AvgIpc) is 3.28. The zero-order valence-corrected chi connectivity index (χ0v) is 13.2. The van der Waals surface area contributed by atoms with Crippen LogP contribution in [0.3, 0.4) is 0 Å². The van der Waals surface area contributed by atoms with Crippen molar-refractivity contribution in [2.24, 2.45) is 17.8 Å². The highest BCUT2D eigenvalue weighted by Crippen LogP contribution is 2.49. The van der Waals surface area contributed by atoms with E-state index in [4.69, 9.17) is 9.84 Å². The molecule has 1 heterocycles. The van der Waals surface area contributed by atoms with Gasteiger partial charge in [0, 0.05) is 19.1 Å². The molecule has 0 bridgehead atoms. The lowest BCUT2D eigenvalue weighted by Crippen LogP contribution is -2.53. The Kier molecular flexibility index (Phi) is 4.71. The molecular weight excluding hydrogens is 282 g/mol. The van der Waals surface area contributed by atoms with Crippen molar-refractivity contribution >= 4 is 11.9 Å². The molecule has 0 spiro atoms. The second-order valence-electron chi connectivity index (χ2n) is 7.36. The van der Waals surface area contributed by atoms with Crippen molar-refractivity contribution < 1.29 is 19.4 Å². The SMILES string of the molecule is O=C(O)CC1(NC(=O)C2CC2C2CCCCC2)CCOCC1. The van der Waals surface area contributed by atoms with Crippen LogP contribution in [0.2, 0.25) is 0 Å². The van der Waals surface area contributed by atoms with Crippen LogP contribution in [0.15, 0.2) is 0 Å². The van der Waals surface area contributed by atoms with Crippen LogP contribution in [0.1, 0.15) is 57.8 Å². The summed E-state index contributed by atoms with van der Waals surface area (Å²) >= 11 is 0. The number of hydrogen-bond acceptors (Lipinski definition) is 3. The van der Waals surface area contributed by atoms with Crippen molar-refractivity contribution in [2.75, 3.05) is 13.2 Å². The lowest BCUT2D eigenvalue weighted by atomic mass is 9.84. The number of nitrogens with one attached hydrogen (secondary N) is 1. The summed E-state index contributed by atoms with van der Waals surface area (Å²) in [5.41, 5.74) is -0.596. The van der Waals surface area contributed by atoms with Gasteiger partial charge in [0.25, 0.3) is 0 Å². The molecule has 2 N–H and O–H groups in total. The first-order valence-electron chi connectivity index (χ1n) is 8.71. The average molecular weight is 309 g/mol. The van der Waals surface area contributed by atoms with E-state index in [-0.39, 0.29) is 18.2 Å². The van der Waals surface area contributed by atoms with Crippen LogP contribution in [0.5, 0.6) is 0 Å². The van der Waals surface area contributed by atoms with E-state index >= 15 is 0 Å². The fourth-order valence-corrected chi connectivity index (χ4v) is 4.35. The fourth-order valence-electron chi connectivity index (χ4n) is 4.35. The molecule has 2 saturated carbocycles. The summed E-state index contributed by atoms with van der Waals surface area (Å²) in [6.45, 7) is 1.06. The van der Waals surface area contributed by atoms with Crippen LogP contribution in [0.25, 0.3) is 0 Å². The Hall–Kier alpha value is -1.10. The predicted molar refractivity (Wildman–Crippen MR) is 81.4 cm³/mol. The van der Waals surface area contributed by atoms with Gasteiger partial charge in [0.1, 0.15) is 0 Å². The minimum absolute atomic E-state index is 0.00289. The summed E-state index contributed by atoms with van der Waals surface area (Å²) in [4.78, 5) is 23.7. The van der Waals surface area contributed by atoms with Gasteiger partial charge in [-0.1, -0.05) is 32.1 Å². The van der Waals surface area contributed by atoms with Crippen molar-refractivity contribution in [3.8, 4) is 0 Å². The van der Waals surface area contributed by atoms with Gasteiger partial charge in [-0.05, 0) is 31.1 Å². The van der Waals surface area contributed by atoms with E-state index in [9.17, 15) is 9.59 Å². The lowest BCUT2D eigenvalue weighted by Gasteiger charge is -2.37. The van der Waals surface area contributed by atoms with E-state index in [0.29, 0.717) is 32.0 Å². The summed E-state index contributed by atoms with van der Waals surface area (Å²) in [5, 5.41) is 12.3. The fraction of sp³-hybridized carbons (Fsp3) is 0.882. The number of aliphatic carboxylic acids is 1. The highest BCUT2D eigenvalue weighted by Gasteiger charge is 2.49. The number of hydrogen-bond donors (Lipinski definition) is 2. The van der Waals surface area contributed by atoms with Gasteiger partial charge >= 0.3 is 5.97 Å². The standard InChI is InChI=1S/C17H27NO4/c19-15(20)11-17(6-8-22-9-7-17)18-16(21)14-10-13(14)12-4-2-1-3-5-12/h12-14H,1-11H2,(H,18,21)(H,19,20). The van der Waals surface area contributed by atoms with E-state index in [2.05, 4.69) is 5.32 Å². The van der Waals surface area contributed by atoms with Gasteiger partial charge in [-0.2, -0.15) is 0 Å². The van der Waals surface area contributed by atoms with E-state index in [0.717, 1.165) is 12.3 Å². The summed E-state index contributed by atoms with van der Waals surface area (Å²) in [5.74, 6) is 0.619. The minimum atomic E-state index is -0.846. The van der Waals surface area contributed by atoms with Crippen molar-refractivity contribution in [1.82, 2.24) is 5.32 Å². The molecule has 1 amide bonds. The molecule has 3 aliphatic rings. The zero-order chi connectivity index (χ0) is 15.6. The molecule has 0 aromatic heterocycles. The number of carbonyl (C=O) groups excluding carboxylic acids is 1. The van der Waals surface area contributed by atoms with Crippen LogP contribution in [0, 0.1) is 17.8 Å². The monoisotopic (exact) mass is 309 g/mol. The molecule has 5 nitrogen and oxygen atoms in total. The molecule has 2 aliphatic carbocycles. The molecule has 1 saturated heterocycles. The molecule has 2 atom stereocenters. The molecule has 3 fully saturated rings. The van der Waals surface area contributed by atoms with Crippen molar-refractivity contribution in [2.45, 2.75) is 63.3 Å². The Morgan fingerprint density at radius 1 is 1.14 bits per heavy atom. The van der Waals surface area contributed by atoms with Gasteiger partial charge in [0.05, 0.1) is 12.0 Å². The third kappa shape index (κ3) is 3.62. The number of carboxylic acids is 1. The minimum Gasteiger partial charge on any atom is -0.481 e. The van der Waals surface area contributed by atoms with Gasteiger partial charge in [0.15, 0.2) is 0 Å². The largest absolute Gasteiger partial charge is 0.481 e. The topological polar surface area (TPSA) is 75.6 Å². The van der Waals surface area contributed by atoms with E-state index in [1.165, 1.54) is 32.1 Å². The summed E-state index contributed by atoms with van der Waals surface area (Å²) < 4.78 is 5.34. The molecule has 2 unspecified atom stereocenters. The molecule has 5 heteroatoms. The quantitative estimate of drug-likeness (QED) is 0.817. The summed E-state index contributed by atoms with van der Waals surface area (Å²) in [7, 11) is 0. The zero-order valence-electron chi connectivity index (χ0n) is 13.2. The van der Waals surface area contributed by atoms with Crippen LogP contribution in [-0.2, 0) is 14.3 Å². The summed E-state index contributed by atoms with van der Waals surface area (Å²) in [6.07, 6.45) is 8.68. The smallest absolute Gasteiger partial charge is 0.305 e. The maximum Gasteiger partial charge on any atom is 0.305 e. The Bertz CT molecular complexity index is 424. The van der Waals surface area contributed by atoms with Crippen LogP contribution in [0.4, 0.5) is 0 Å². The molecule has 0 aromatic rings. The number of carbonyl (C=O) groups is 2. The Morgan fingerprint density at radius 2 is 1.82 bits per heavy atom. The molecule has 3 rings (SSSR count). The first-order chi connectivity index (χ1) is 10.6. The Balaban J connectivity index is 1.56. The number of ether oxygens (including phenoxy) is 1. The van der Waals surface area contributed by atoms with E-state index < -0.39 is 11.5 Å². The third-order valence-corrected chi connectivity index (χ3v) is 5.76. The molecule has 124 valence electrons. The van der Waals surface area contributed by atoms with Crippen molar-refractivity contribution in [3.63, 3.8) is 0 Å². The third-order valence-electron chi connectivity index (χ3n) is 5.76. The predicted octanol–water partition coefficient (Wildman–Crippen LogP) is 2.34. The van der Waals surface area contributed by atoms with E-state index in [1.807, 2.05) is 0 Å². The Morgan fingerprint density at radius 3 is 2.45 bits per heavy atom. The number of carboxylic acid groups (broad SMARTS) is 1. The van der Waals surface area contributed by atoms with Gasteiger partial charge < -0.3 is 15.2 Å². The highest BCUT2D eigenvalue weighted by molar-refractivity contribution is 5.83. The normalized spacial score (nSPS) is 31.5. The molecular formula is C17H27NO4. The van der Waals surface area contributed by atoms with Gasteiger partial charge in [-0.25, -0.2) is 0 Å². The second-order valence-corrected chi connectivity index (χ2v) is 7.36. The molecule has 22 heavy (non-hydrogen) atoms. The Labute approximate surface area is 131 Å². The summed E-state index contributed by atoms with van der Waals surface area (Å²) in [6, 6.07) is 0. The maximum absolute atomic E-state index is 12.6. The second kappa shape index (κ2) is 6.57. The van der Waals surface area contributed by atoms with E-state index in [1.54, 1.807) is 0 Å².